The number of methoxy groups -OCH3 is 1. The molecule has 0 aliphatic heterocycles. The maximum Gasteiger partial charge on any atom is 0.291 e. The zero-order valence-corrected chi connectivity index (χ0v) is 15.9. The van der Waals surface area contributed by atoms with Crippen LogP contribution in [0.25, 0.3) is 6.08 Å². The summed E-state index contributed by atoms with van der Waals surface area (Å²) < 4.78 is 10.2. The molecule has 2 N–H and O–H groups in total. The lowest BCUT2D eigenvalue weighted by Gasteiger charge is -2.12. The van der Waals surface area contributed by atoms with Crippen molar-refractivity contribution in [3.63, 3.8) is 0 Å². The number of rotatable bonds is 7. The predicted molar refractivity (Wildman–Crippen MR) is 107 cm³/mol. The van der Waals surface area contributed by atoms with Gasteiger partial charge in [-0.3, -0.25) is 9.59 Å². The molecule has 2 amide bonds. The summed E-state index contributed by atoms with van der Waals surface area (Å²) in [5.74, 6) is -1.97. The highest BCUT2D eigenvalue weighted by molar-refractivity contribution is 6.10. The Morgan fingerprint density at radius 3 is 2.43 bits per heavy atom. The van der Waals surface area contributed by atoms with E-state index >= 15 is 0 Å². The lowest BCUT2D eigenvalue weighted by Crippen LogP contribution is -2.30. The number of hydrogen-bond acceptors (Lipinski definition) is 6. The van der Waals surface area contributed by atoms with E-state index in [1.807, 2.05) is 0 Å². The lowest BCUT2D eigenvalue weighted by atomic mass is 10.1. The molecule has 0 aliphatic rings. The van der Waals surface area contributed by atoms with Crippen LogP contribution in [0.4, 0.5) is 5.69 Å². The molecule has 152 valence electrons. The molecule has 0 aliphatic carbocycles. The van der Waals surface area contributed by atoms with Gasteiger partial charge in [0.05, 0.1) is 19.3 Å². The molecule has 0 atom stereocenters. The molecule has 0 spiro atoms. The molecule has 0 saturated heterocycles. The van der Waals surface area contributed by atoms with E-state index in [0.717, 1.165) is 0 Å². The normalized spacial score (nSPS) is 10.9. The van der Waals surface area contributed by atoms with Crippen molar-refractivity contribution in [1.29, 1.82) is 0 Å². The van der Waals surface area contributed by atoms with Crippen LogP contribution < -0.4 is 20.5 Å². The summed E-state index contributed by atoms with van der Waals surface area (Å²) in [6.07, 6.45) is 2.81. The molecule has 0 bridgehead atoms. The molecule has 3 aromatic rings. The third-order valence-electron chi connectivity index (χ3n) is 4.02. The van der Waals surface area contributed by atoms with E-state index < -0.39 is 17.8 Å². The van der Waals surface area contributed by atoms with E-state index in [1.165, 1.54) is 49.8 Å². The Morgan fingerprint density at radius 2 is 1.80 bits per heavy atom. The van der Waals surface area contributed by atoms with Crippen molar-refractivity contribution >= 4 is 29.5 Å². The Morgan fingerprint density at radius 1 is 1.03 bits per heavy atom. The SMILES string of the molecule is COc1ccc(/C=C(\NC(=O)c2ccco2)C(=O)Nc2cccc(C(=O)[O-])c2)cc1. The van der Waals surface area contributed by atoms with Crippen LogP contribution in [-0.2, 0) is 4.79 Å². The molecule has 1 aromatic heterocycles. The second-order valence-electron chi connectivity index (χ2n) is 6.08. The number of benzene rings is 2. The van der Waals surface area contributed by atoms with Gasteiger partial charge in [0.1, 0.15) is 11.4 Å². The van der Waals surface area contributed by atoms with Crippen molar-refractivity contribution in [1.82, 2.24) is 5.32 Å². The van der Waals surface area contributed by atoms with Crippen LogP contribution in [0.15, 0.2) is 77.0 Å². The first-order valence-corrected chi connectivity index (χ1v) is 8.79. The fourth-order valence-electron chi connectivity index (χ4n) is 2.54. The number of amides is 2. The van der Waals surface area contributed by atoms with Crippen LogP contribution in [0, 0.1) is 0 Å². The van der Waals surface area contributed by atoms with Gasteiger partial charge >= 0.3 is 0 Å². The highest BCUT2D eigenvalue weighted by atomic mass is 16.5. The molecule has 0 radical (unpaired) electrons. The summed E-state index contributed by atoms with van der Waals surface area (Å²) in [5.41, 5.74) is 0.701. The topological polar surface area (TPSA) is 121 Å². The average Bonchev–Trinajstić information content (AvgIpc) is 3.29. The van der Waals surface area contributed by atoms with Gasteiger partial charge in [-0.25, -0.2) is 0 Å². The predicted octanol–water partition coefficient (Wildman–Crippen LogP) is 2.06. The van der Waals surface area contributed by atoms with Crippen molar-refractivity contribution in [2.75, 3.05) is 12.4 Å². The maximum atomic E-state index is 12.8. The van der Waals surface area contributed by atoms with Crippen LogP contribution in [0.5, 0.6) is 5.75 Å². The Balaban J connectivity index is 1.88. The Bertz CT molecular complexity index is 1090. The molecule has 3 rings (SSSR count). The number of anilines is 1. The summed E-state index contributed by atoms with van der Waals surface area (Å²) in [4.78, 5) is 36.2. The van der Waals surface area contributed by atoms with Crippen molar-refractivity contribution < 1.29 is 28.6 Å². The number of carbonyl (C=O) groups excluding carboxylic acids is 3. The lowest BCUT2D eigenvalue weighted by molar-refractivity contribution is -0.255. The number of aromatic carboxylic acids is 1. The molecule has 30 heavy (non-hydrogen) atoms. The summed E-state index contributed by atoms with van der Waals surface area (Å²) >= 11 is 0. The van der Waals surface area contributed by atoms with Crippen molar-refractivity contribution in [2.45, 2.75) is 0 Å². The number of carboxylic acids is 1. The largest absolute Gasteiger partial charge is 0.545 e. The first-order chi connectivity index (χ1) is 14.5. The fourth-order valence-corrected chi connectivity index (χ4v) is 2.54. The highest BCUT2D eigenvalue weighted by Gasteiger charge is 2.17. The molecule has 2 aromatic carbocycles. The van der Waals surface area contributed by atoms with E-state index in [9.17, 15) is 19.5 Å². The molecular formula is C22H17N2O6-. The minimum absolute atomic E-state index is 0.0300. The number of carbonyl (C=O) groups is 3. The third-order valence-corrected chi connectivity index (χ3v) is 4.02. The Hall–Kier alpha value is -4.33. The van der Waals surface area contributed by atoms with Crippen LogP contribution in [0.2, 0.25) is 0 Å². The summed E-state index contributed by atoms with van der Waals surface area (Å²) in [5, 5.41) is 16.1. The molecule has 0 fully saturated rings. The van der Waals surface area contributed by atoms with Gasteiger partial charge in [-0.15, -0.1) is 0 Å². The van der Waals surface area contributed by atoms with E-state index in [0.29, 0.717) is 11.3 Å². The van der Waals surface area contributed by atoms with Gasteiger partial charge in [-0.05, 0) is 53.6 Å². The van der Waals surface area contributed by atoms with Crippen molar-refractivity contribution in [3.05, 3.63) is 89.5 Å². The maximum absolute atomic E-state index is 12.8. The van der Waals surface area contributed by atoms with Crippen LogP contribution in [0.3, 0.4) is 0 Å². The Kier molecular flexibility index (Phi) is 6.29. The number of carboxylic acid groups (broad SMARTS) is 1. The van der Waals surface area contributed by atoms with Crippen LogP contribution >= 0.6 is 0 Å². The van der Waals surface area contributed by atoms with Gasteiger partial charge in [-0.1, -0.05) is 24.3 Å². The quantitative estimate of drug-likeness (QED) is 0.581. The monoisotopic (exact) mass is 405 g/mol. The molecular weight excluding hydrogens is 388 g/mol. The van der Waals surface area contributed by atoms with Crippen molar-refractivity contribution in [2.24, 2.45) is 0 Å². The summed E-state index contributed by atoms with van der Waals surface area (Å²) in [7, 11) is 1.54. The number of nitrogens with one attached hydrogen (secondary N) is 2. The molecule has 8 nitrogen and oxygen atoms in total. The molecule has 0 unspecified atom stereocenters. The second kappa shape index (κ2) is 9.24. The zero-order valence-electron chi connectivity index (χ0n) is 15.9. The van der Waals surface area contributed by atoms with Gasteiger partial charge in [0.2, 0.25) is 0 Å². The minimum Gasteiger partial charge on any atom is -0.545 e. The van der Waals surface area contributed by atoms with Gasteiger partial charge in [0, 0.05) is 5.69 Å². The van der Waals surface area contributed by atoms with E-state index in [1.54, 1.807) is 30.3 Å². The van der Waals surface area contributed by atoms with Gasteiger partial charge < -0.3 is 29.7 Å². The standard InChI is InChI=1S/C22H18N2O6/c1-29-17-9-7-14(8-10-17)12-18(24-21(26)19-6-3-11-30-19)20(25)23-16-5-2-4-15(13-16)22(27)28/h2-13H,1H3,(H,23,25)(H,24,26)(H,27,28)/p-1/b18-12-. The second-order valence-corrected chi connectivity index (χ2v) is 6.08. The number of hydrogen-bond donors (Lipinski definition) is 2. The van der Waals surface area contributed by atoms with E-state index in [4.69, 9.17) is 9.15 Å². The van der Waals surface area contributed by atoms with E-state index in [-0.39, 0.29) is 22.7 Å². The highest BCUT2D eigenvalue weighted by Crippen LogP contribution is 2.16. The van der Waals surface area contributed by atoms with Gasteiger partial charge in [-0.2, -0.15) is 0 Å². The first kappa shape index (κ1) is 20.4. The zero-order chi connectivity index (χ0) is 21.5. The van der Waals surface area contributed by atoms with E-state index in [2.05, 4.69) is 10.6 Å². The summed E-state index contributed by atoms with van der Waals surface area (Å²) in [6.45, 7) is 0. The Labute approximate surface area is 171 Å². The molecule has 0 saturated carbocycles. The number of ether oxygens (including phenoxy) is 1. The van der Waals surface area contributed by atoms with Crippen LogP contribution in [0.1, 0.15) is 26.5 Å². The smallest absolute Gasteiger partial charge is 0.291 e. The fraction of sp³-hybridized carbons (Fsp3) is 0.0455. The molecule has 8 heteroatoms. The first-order valence-electron chi connectivity index (χ1n) is 8.79. The number of furan rings is 1. The van der Waals surface area contributed by atoms with Gasteiger partial charge in [0.25, 0.3) is 11.8 Å². The summed E-state index contributed by atoms with van der Waals surface area (Å²) in [6, 6.07) is 15.4. The minimum atomic E-state index is -1.37. The van der Waals surface area contributed by atoms with Crippen molar-refractivity contribution in [3.8, 4) is 5.75 Å². The third kappa shape index (κ3) is 5.14. The molecule has 1 heterocycles. The van der Waals surface area contributed by atoms with Crippen LogP contribution in [-0.4, -0.2) is 24.9 Å². The average molecular weight is 405 g/mol. The van der Waals surface area contributed by atoms with Gasteiger partial charge in [0.15, 0.2) is 5.76 Å².